The van der Waals surface area contributed by atoms with E-state index >= 15 is 0 Å². The van der Waals surface area contributed by atoms with E-state index in [0.29, 0.717) is 5.46 Å². The second-order valence-electron chi connectivity index (χ2n) is 8.56. The second kappa shape index (κ2) is 7.68. The molecule has 1 saturated heterocycles. The highest BCUT2D eigenvalue weighted by atomic mass is 19.1. The van der Waals surface area contributed by atoms with Gasteiger partial charge in [-0.05, 0) is 66.1 Å². The van der Waals surface area contributed by atoms with Crippen LogP contribution < -0.4 is 15.5 Å². The first-order valence-corrected chi connectivity index (χ1v) is 9.05. The van der Waals surface area contributed by atoms with Gasteiger partial charge in [-0.25, -0.2) is 9.18 Å². The van der Waals surface area contributed by atoms with Crippen LogP contribution in [-0.4, -0.2) is 43.2 Å². The lowest BCUT2D eigenvalue weighted by Gasteiger charge is -2.32. The Kier molecular flexibility index (Phi) is 6.11. The molecule has 1 amide bonds. The minimum Gasteiger partial charge on any atom is -0.489 e. The van der Waals surface area contributed by atoms with Gasteiger partial charge < -0.3 is 24.1 Å². The van der Waals surface area contributed by atoms with Crippen molar-refractivity contribution in [2.45, 2.75) is 65.3 Å². The molecule has 0 aromatic heterocycles. The number of nitrogens with one attached hydrogen (secondary N) is 1. The summed E-state index contributed by atoms with van der Waals surface area (Å²) in [5, 5.41) is 2.56. The predicted octanol–water partition coefficient (Wildman–Crippen LogP) is 3.03. The summed E-state index contributed by atoms with van der Waals surface area (Å²) in [6.45, 7) is 13.4. The topological polar surface area (TPSA) is 66.0 Å². The van der Waals surface area contributed by atoms with Crippen molar-refractivity contribution in [3.63, 3.8) is 0 Å². The number of hydrogen-bond acceptors (Lipinski definition) is 5. The molecule has 0 unspecified atom stereocenters. The van der Waals surface area contributed by atoms with Gasteiger partial charge in [0.05, 0.1) is 17.7 Å². The lowest BCUT2D eigenvalue weighted by molar-refractivity contribution is 0.00578. The van der Waals surface area contributed by atoms with Crippen molar-refractivity contribution in [2.75, 3.05) is 13.2 Å². The van der Waals surface area contributed by atoms with Crippen LogP contribution in [-0.2, 0) is 14.0 Å². The molecule has 1 fully saturated rings. The molecule has 1 N–H and O–H groups in total. The van der Waals surface area contributed by atoms with Crippen LogP contribution in [0.1, 0.15) is 48.5 Å². The van der Waals surface area contributed by atoms with Gasteiger partial charge in [0, 0.05) is 0 Å². The van der Waals surface area contributed by atoms with E-state index in [1.54, 1.807) is 32.9 Å². The maximum atomic E-state index is 14.1. The number of hydrogen-bond donors (Lipinski definition) is 1. The third-order valence-corrected chi connectivity index (χ3v) is 4.51. The average Bonchev–Trinajstić information content (AvgIpc) is 2.71. The van der Waals surface area contributed by atoms with Crippen molar-refractivity contribution in [3.8, 4) is 5.75 Å². The molecule has 1 heterocycles. The average molecular weight is 381 g/mol. The Bertz CT molecular complexity index is 671. The molecular weight excluding hydrogens is 352 g/mol. The molecule has 0 atom stereocenters. The molecule has 0 aliphatic carbocycles. The first-order chi connectivity index (χ1) is 12.3. The minimum atomic E-state index is -0.599. The van der Waals surface area contributed by atoms with Crippen LogP contribution in [0.2, 0.25) is 0 Å². The van der Waals surface area contributed by atoms with Gasteiger partial charge in [-0.3, -0.25) is 0 Å². The van der Waals surface area contributed by atoms with Crippen LogP contribution >= 0.6 is 0 Å². The van der Waals surface area contributed by atoms with E-state index in [4.69, 9.17) is 18.8 Å². The maximum absolute atomic E-state index is 14.1. The highest BCUT2D eigenvalue weighted by molar-refractivity contribution is 6.62. The SMILES string of the molecule is CC(C)(C)OC(=O)NCCOc1cc(B2OC(C)(C)C(C)(C)O2)ccc1F. The number of carbonyl (C=O) groups is 1. The van der Waals surface area contributed by atoms with Crippen LogP contribution in [0.5, 0.6) is 5.75 Å². The quantitative estimate of drug-likeness (QED) is 0.628. The van der Waals surface area contributed by atoms with Crippen molar-refractivity contribution in [1.82, 2.24) is 5.32 Å². The normalized spacial score (nSPS) is 18.3. The van der Waals surface area contributed by atoms with E-state index in [-0.39, 0.29) is 18.9 Å². The Morgan fingerprint density at radius 2 is 1.78 bits per heavy atom. The highest BCUT2D eigenvalue weighted by Gasteiger charge is 2.51. The molecule has 1 aliphatic heterocycles. The van der Waals surface area contributed by atoms with E-state index in [1.807, 2.05) is 27.7 Å². The standard InChI is InChI=1S/C19H29BFNO5/c1-17(2,3)25-16(23)22-10-11-24-15-12-13(8-9-14(15)21)20-26-18(4,5)19(6,7)27-20/h8-9,12H,10-11H2,1-7H3,(H,22,23). The fraction of sp³-hybridized carbons (Fsp3) is 0.632. The van der Waals surface area contributed by atoms with Gasteiger partial charge in [0.1, 0.15) is 12.2 Å². The molecule has 27 heavy (non-hydrogen) atoms. The summed E-state index contributed by atoms with van der Waals surface area (Å²) in [6.07, 6.45) is -0.544. The van der Waals surface area contributed by atoms with Gasteiger partial charge in [-0.15, -0.1) is 0 Å². The largest absolute Gasteiger partial charge is 0.494 e. The van der Waals surface area contributed by atoms with E-state index in [0.717, 1.165) is 0 Å². The second-order valence-corrected chi connectivity index (χ2v) is 8.56. The number of halogens is 1. The summed E-state index contributed by atoms with van der Waals surface area (Å²) in [4.78, 5) is 11.6. The van der Waals surface area contributed by atoms with E-state index < -0.39 is 35.8 Å². The fourth-order valence-electron chi connectivity index (χ4n) is 2.38. The highest BCUT2D eigenvalue weighted by Crippen LogP contribution is 2.36. The monoisotopic (exact) mass is 381 g/mol. The smallest absolute Gasteiger partial charge is 0.489 e. The van der Waals surface area contributed by atoms with Crippen LogP contribution in [0.25, 0.3) is 0 Å². The molecule has 1 aromatic rings. The van der Waals surface area contributed by atoms with Crippen LogP contribution in [0.4, 0.5) is 9.18 Å². The summed E-state index contributed by atoms with van der Waals surface area (Å²) < 4.78 is 36.6. The number of rotatable bonds is 5. The Balaban J connectivity index is 1.93. The summed E-state index contributed by atoms with van der Waals surface area (Å²) in [7, 11) is -0.599. The number of benzene rings is 1. The van der Waals surface area contributed by atoms with Crippen molar-refractivity contribution in [2.24, 2.45) is 0 Å². The molecule has 1 aliphatic rings. The number of ether oxygens (including phenoxy) is 2. The Morgan fingerprint density at radius 3 is 2.33 bits per heavy atom. The minimum absolute atomic E-state index is 0.0770. The molecular formula is C19H29BFNO5. The predicted molar refractivity (Wildman–Crippen MR) is 102 cm³/mol. The molecule has 0 saturated carbocycles. The summed E-state index contributed by atoms with van der Waals surface area (Å²) in [6, 6.07) is 4.49. The van der Waals surface area contributed by atoms with E-state index in [9.17, 15) is 9.18 Å². The third kappa shape index (κ3) is 5.59. The molecule has 2 rings (SSSR count). The first-order valence-electron chi connectivity index (χ1n) is 9.05. The molecule has 6 nitrogen and oxygen atoms in total. The number of amides is 1. The molecule has 0 bridgehead atoms. The molecule has 150 valence electrons. The summed E-state index contributed by atoms with van der Waals surface area (Å²) in [5.74, 6) is -0.416. The molecule has 8 heteroatoms. The van der Waals surface area contributed by atoms with Gasteiger partial charge in [0.2, 0.25) is 0 Å². The molecule has 1 aromatic carbocycles. The zero-order valence-corrected chi connectivity index (χ0v) is 17.1. The zero-order chi connectivity index (χ0) is 20.5. The molecule has 0 radical (unpaired) electrons. The van der Waals surface area contributed by atoms with Crippen LogP contribution in [0.15, 0.2) is 18.2 Å². The van der Waals surface area contributed by atoms with Gasteiger partial charge in [-0.2, -0.15) is 0 Å². The van der Waals surface area contributed by atoms with Crippen molar-refractivity contribution in [3.05, 3.63) is 24.0 Å². The molecule has 0 spiro atoms. The van der Waals surface area contributed by atoms with Crippen molar-refractivity contribution >= 4 is 18.7 Å². The van der Waals surface area contributed by atoms with E-state index in [2.05, 4.69) is 5.32 Å². The van der Waals surface area contributed by atoms with Gasteiger partial charge in [0.15, 0.2) is 11.6 Å². The fourth-order valence-corrected chi connectivity index (χ4v) is 2.38. The summed E-state index contributed by atoms with van der Waals surface area (Å²) >= 11 is 0. The van der Waals surface area contributed by atoms with Crippen LogP contribution in [0, 0.1) is 5.82 Å². The van der Waals surface area contributed by atoms with E-state index in [1.165, 1.54) is 6.07 Å². The van der Waals surface area contributed by atoms with Crippen LogP contribution in [0.3, 0.4) is 0 Å². The lowest BCUT2D eigenvalue weighted by Crippen LogP contribution is -2.41. The Hall–Kier alpha value is -1.80. The number of alkyl carbamates (subject to hydrolysis) is 1. The first kappa shape index (κ1) is 21.5. The summed E-state index contributed by atoms with van der Waals surface area (Å²) in [5.41, 5.74) is -0.867. The number of carbonyl (C=O) groups excluding carboxylic acids is 1. The zero-order valence-electron chi connectivity index (χ0n) is 17.1. The van der Waals surface area contributed by atoms with Gasteiger partial charge >= 0.3 is 13.2 Å². The van der Waals surface area contributed by atoms with Gasteiger partial charge in [0.25, 0.3) is 0 Å². The van der Waals surface area contributed by atoms with Crippen molar-refractivity contribution in [1.29, 1.82) is 0 Å². The van der Waals surface area contributed by atoms with Gasteiger partial charge in [-0.1, -0.05) is 6.07 Å². The third-order valence-electron chi connectivity index (χ3n) is 4.51. The van der Waals surface area contributed by atoms with Crippen molar-refractivity contribution < 1.29 is 28.0 Å². The lowest BCUT2D eigenvalue weighted by atomic mass is 9.79. The maximum Gasteiger partial charge on any atom is 0.494 e. The Labute approximate surface area is 160 Å². The Morgan fingerprint density at radius 1 is 1.19 bits per heavy atom.